The van der Waals surface area contributed by atoms with Gasteiger partial charge in [0.2, 0.25) is 5.91 Å². The number of esters is 1. The topological polar surface area (TPSA) is 58.6 Å². The predicted molar refractivity (Wildman–Crippen MR) is 85.9 cm³/mol. The van der Waals surface area contributed by atoms with Gasteiger partial charge in [0, 0.05) is 6.04 Å². The number of methoxy groups -OCH3 is 1. The van der Waals surface area contributed by atoms with Gasteiger partial charge in [-0.3, -0.25) is 9.69 Å². The molecule has 5 heteroatoms. The summed E-state index contributed by atoms with van der Waals surface area (Å²) < 4.78 is 4.74. The van der Waals surface area contributed by atoms with Gasteiger partial charge < -0.3 is 10.1 Å². The van der Waals surface area contributed by atoms with Crippen molar-refractivity contribution in [3.8, 4) is 0 Å². The summed E-state index contributed by atoms with van der Waals surface area (Å²) in [6.07, 6.45) is 4.60. The molecule has 22 heavy (non-hydrogen) atoms. The molecule has 120 valence electrons. The van der Waals surface area contributed by atoms with Gasteiger partial charge in [0.15, 0.2) is 0 Å². The van der Waals surface area contributed by atoms with E-state index in [-0.39, 0.29) is 5.91 Å². The molecule has 1 heterocycles. The smallest absolute Gasteiger partial charge is 0.339 e. The fraction of sp³-hybridized carbons (Fsp3) is 0.529. The average Bonchev–Trinajstić information content (AvgIpc) is 2.55. The summed E-state index contributed by atoms with van der Waals surface area (Å²) in [6.45, 7) is 3.49. The van der Waals surface area contributed by atoms with Crippen LogP contribution in [0.25, 0.3) is 0 Å². The number of para-hydroxylation sites is 1. The quantitative estimate of drug-likeness (QED) is 0.850. The van der Waals surface area contributed by atoms with Crippen LogP contribution in [0.1, 0.15) is 43.0 Å². The molecule has 0 radical (unpaired) electrons. The molecule has 0 saturated carbocycles. The van der Waals surface area contributed by atoms with Crippen LogP contribution >= 0.6 is 0 Å². The summed E-state index contributed by atoms with van der Waals surface area (Å²) in [5.74, 6) is -0.531. The molecule has 0 spiro atoms. The summed E-state index contributed by atoms with van der Waals surface area (Å²) in [5.41, 5.74) is 0.883. The van der Waals surface area contributed by atoms with Crippen LogP contribution in [-0.4, -0.2) is 43.0 Å². The van der Waals surface area contributed by atoms with Gasteiger partial charge in [0.1, 0.15) is 0 Å². The second-order valence-electron chi connectivity index (χ2n) is 5.61. The van der Waals surface area contributed by atoms with Gasteiger partial charge in [-0.05, 0) is 37.9 Å². The summed E-state index contributed by atoms with van der Waals surface area (Å²) >= 11 is 0. The Labute approximate surface area is 131 Å². The molecule has 5 nitrogen and oxygen atoms in total. The van der Waals surface area contributed by atoms with E-state index in [4.69, 9.17) is 4.74 Å². The zero-order valence-electron chi connectivity index (χ0n) is 13.3. The highest BCUT2D eigenvalue weighted by atomic mass is 16.5. The molecular formula is C17H24N2O3. The molecule has 1 saturated heterocycles. The number of anilines is 1. The van der Waals surface area contributed by atoms with Gasteiger partial charge >= 0.3 is 5.97 Å². The molecule has 1 unspecified atom stereocenters. The third-order valence-electron chi connectivity index (χ3n) is 4.17. The van der Waals surface area contributed by atoms with Crippen LogP contribution in [0.3, 0.4) is 0 Å². The monoisotopic (exact) mass is 304 g/mol. The van der Waals surface area contributed by atoms with E-state index in [1.807, 2.05) is 0 Å². The van der Waals surface area contributed by atoms with E-state index < -0.39 is 5.97 Å². The zero-order chi connectivity index (χ0) is 15.9. The number of amides is 1. The van der Waals surface area contributed by atoms with Crippen molar-refractivity contribution in [2.24, 2.45) is 0 Å². The molecule has 1 amide bonds. The Bertz CT molecular complexity index is 530. The Morgan fingerprint density at radius 1 is 1.32 bits per heavy atom. The molecule has 1 N–H and O–H groups in total. The molecule has 1 aromatic carbocycles. The Kier molecular flexibility index (Phi) is 5.95. The van der Waals surface area contributed by atoms with Crippen LogP contribution in [0.5, 0.6) is 0 Å². The Morgan fingerprint density at radius 2 is 2.09 bits per heavy atom. The van der Waals surface area contributed by atoms with Crippen LogP contribution in [0.15, 0.2) is 24.3 Å². The number of carbonyl (C=O) groups excluding carboxylic acids is 2. The lowest BCUT2D eigenvalue weighted by molar-refractivity contribution is -0.118. The van der Waals surface area contributed by atoms with Crippen molar-refractivity contribution in [1.29, 1.82) is 0 Å². The average molecular weight is 304 g/mol. The highest BCUT2D eigenvalue weighted by Gasteiger charge is 2.23. The summed E-state index contributed by atoms with van der Waals surface area (Å²) in [6, 6.07) is 7.39. The van der Waals surface area contributed by atoms with E-state index >= 15 is 0 Å². The molecule has 1 atom stereocenters. The van der Waals surface area contributed by atoms with Crippen molar-refractivity contribution in [2.45, 2.75) is 38.6 Å². The lowest BCUT2D eigenvalue weighted by Crippen LogP contribution is -2.43. The second kappa shape index (κ2) is 7.94. The fourth-order valence-corrected chi connectivity index (χ4v) is 2.98. The first kappa shape index (κ1) is 16.5. The summed E-state index contributed by atoms with van der Waals surface area (Å²) in [7, 11) is 1.33. The number of carbonyl (C=O) groups is 2. The van der Waals surface area contributed by atoms with Crippen molar-refractivity contribution in [2.75, 3.05) is 25.5 Å². The van der Waals surface area contributed by atoms with Gasteiger partial charge in [-0.1, -0.05) is 25.5 Å². The standard InChI is InChI=1S/C17H24N2O3/c1-3-13-8-6-7-11-19(13)12-16(20)18-15-10-5-4-9-14(15)17(21)22-2/h4-5,9-10,13H,3,6-8,11-12H2,1-2H3,(H,18,20). The van der Waals surface area contributed by atoms with Gasteiger partial charge in [-0.2, -0.15) is 0 Å². The minimum absolute atomic E-state index is 0.0864. The molecule has 1 aliphatic heterocycles. The van der Waals surface area contributed by atoms with Gasteiger partial charge in [-0.25, -0.2) is 4.79 Å². The number of hydrogen-bond donors (Lipinski definition) is 1. The molecule has 0 aliphatic carbocycles. The van der Waals surface area contributed by atoms with Crippen molar-refractivity contribution >= 4 is 17.6 Å². The molecular weight excluding hydrogens is 280 g/mol. The number of nitrogens with one attached hydrogen (secondary N) is 1. The largest absolute Gasteiger partial charge is 0.465 e. The molecule has 1 aliphatic rings. The second-order valence-corrected chi connectivity index (χ2v) is 5.61. The predicted octanol–water partition coefficient (Wildman–Crippen LogP) is 2.68. The minimum atomic E-state index is -0.444. The number of hydrogen-bond acceptors (Lipinski definition) is 4. The Hall–Kier alpha value is -1.88. The third kappa shape index (κ3) is 4.07. The molecule has 1 fully saturated rings. The van der Waals surface area contributed by atoms with E-state index in [9.17, 15) is 9.59 Å². The highest BCUT2D eigenvalue weighted by molar-refractivity contribution is 6.01. The first-order valence-corrected chi connectivity index (χ1v) is 7.87. The van der Waals surface area contributed by atoms with E-state index in [1.54, 1.807) is 24.3 Å². The van der Waals surface area contributed by atoms with Crippen LogP contribution < -0.4 is 5.32 Å². The summed E-state index contributed by atoms with van der Waals surface area (Å²) in [5, 5.41) is 2.84. The first-order chi connectivity index (χ1) is 10.7. The normalized spacial score (nSPS) is 18.7. The fourth-order valence-electron chi connectivity index (χ4n) is 2.98. The van der Waals surface area contributed by atoms with Gasteiger partial charge in [0.25, 0.3) is 0 Å². The molecule has 0 aromatic heterocycles. The van der Waals surface area contributed by atoms with Gasteiger partial charge in [-0.15, -0.1) is 0 Å². The lowest BCUT2D eigenvalue weighted by Gasteiger charge is -2.34. The maximum absolute atomic E-state index is 12.3. The zero-order valence-corrected chi connectivity index (χ0v) is 13.3. The molecule has 2 rings (SSSR count). The lowest BCUT2D eigenvalue weighted by atomic mass is 10.00. The molecule has 1 aromatic rings. The van der Waals surface area contributed by atoms with E-state index in [2.05, 4.69) is 17.1 Å². The third-order valence-corrected chi connectivity index (χ3v) is 4.17. The van der Waals surface area contributed by atoms with Crippen molar-refractivity contribution in [3.63, 3.8) is 0 Å². The van der Waals surface area contributed by atoms with Crippen molar-refractivity contribution in [3.05, 3.63) is 29.8 Å². The number of piperidine rings is 1. The highest BCUT2D eigenvalue weighted by Crippen LogP contribution is 2.20. The number of ether oxygens (including phenoxy) is 1. The SMILES string of the molecule is CCC1CCCCN1CC(=O)Nc1ccccc1C(=O)OC. The Morgan fingerprint density at radius 3 is 2.82 bits per heavy atom. The van der Waals surface area contributed by atoms with Crippen molar-refractivity contribution in [1.82, 2.24) is 4.90 Å². The van der Waals surface area contributed by atoms with Crippen LogP contribution in [0.2, 0.25) is 0 Å². The minimum Gasteiger partial charge on any atom is -0.465 e. The maximum Gasteiger partial charge on any atom is 0.339 e. The van der Waals surface area contributed by atoms with E-state index in [0.29, 0.717) is 23.8 Å². The van der Waals surface area contributed by atoms with E-state index in [0.717, 1.165) is 25.8 Å². The van der Waals surface area contributed by atoms with Crippen LogP contribution in [-0.2, 0) is 9.53 Å². The first-order valence-electron chi connectivity index (χ1n) is 7.87. The summed E-state index contributed by atoms with van der Waals surface area (Å²) in [4.78, 5) is 26.3. The number of benzene rings is 1. The van der Waals surface area contributed by atoms with Crippen LogP contribution in [0.4, 0.5) is 5.69 Å². The Balaban J connectivity index is 2.01. The molecule has 0 bridgehead atoms. The van der Waals surface area contributed by atoms with Crippen LogP contribution in [0, 0.1) is 0 Å². The maximum atomic E-state index is 12.3. The van der Waals surface area contributed by atoms with Crippen molar-refractivity contribution < 1.29 is 14.3 Å². The van der Waals surface area contributed by atoms with E-state index in [1.165, 1.54) is 13.5 Å². The number of nitrogens with zero attached hydrogens (tertiary/aromatic N) is 1. The van der Waals surface area contributed by atoms with Gasteiger partial charge in [0.05, 0.1) is 24.9 Å². The number of rotatable bonds is 5. The number of likely N-dealkylation sites (tertiary alicyclic amines) is 1.